The molecule has 3 heterocycles. The number of nitrogens with one attached hydrogen (secondary N) is 1. The number of aromatic nitrogens is 4. The van der Waals surface area contributed by atoms with Gasteiger partial charge in [0.25, 0.3) is 0 Å². The molecule has 2 aromatic heterocycles. The molecule has 0 aliphatic carbocycles. The molecule has 1 aliphatic rings. The molecule has 3 aromatic rings. The molecule has 164 valence electrons. The fourth-order valence-electron chi connectivity index (χ4n) is 3.71. The molecule has 1 fully saturated rings. The van der Waals surface area contributed by atoms with Crippen molar-refractivity contribution in [2.24, 2.45) is 0 Å². The highest BCUT2D eigenvalue weighted by Crippen LogP contribution is 2.33. The number of aliphatic hydroxyl groups excluding tert-OH is 2. The van der Waals surface area contributed by atoms with Crippen molar-refractivity contribution in [2.45, 2.75) is 50.8 Å². The van der Waals surface area contributed by atoms with Crippen LogP contribution in [-0.2, 0) is 14.3 Å². The predicted molar refractivity (Wildman–Crippen MR) is 111 cm³/mol. The summed E-state index contributed by atoms with van der Waals surface area (Å²) in [4.78, 5) is 24.1. The molecule has 5 atom stereocenters. The normalized spacial score (nSPS) is 24.3. The van der Waals surface area contributed by atoms with E-state index in [1.165, 1.54) is 19.6 Å². The number of esters is 1. The third-order valence-corrected chi connectivity index (χ3v) is 5.34. The number of carbonyl (C=O) groups excluding carboxylic acids is 1. The zero-order chi connectivity index (χ0) is 22.0. The van der Waals surface area contributed by atoms with Gasteiger partial charge in [0, 0.05) is 6.92 Å². The standard InChI is InChI=1S/C21H25N5O5/c1-3-14(13-7-5-4-6-8-13)25-19-16-20(23-10-22-19)26(11-24-16)21-18(29)17(28)15(31-21)9-30-12(2)27/h4-8,10-11,14-15,17-18,21,28-29H,3,9H2,1-2H3,(H,22,23,25)/t14-,15?,17?,18?,21?/m0/s1. The monoisotopic (exact) mass is 427 g/mol. The molecule has 31 heavy (non-hydrogen) atoms. The van der Waals surface area contributed by atoms with E-state index in [1.807, 2.05) is 30.3 Å². The summed E-state index contributed by atoms with van der Waals surface area (Å²) in [5, 5.41) is 24.2. The number of anilines is 1. The second-order valence-corrected chi connectivity index (χ2v) is 7.41. The molecule has 0 amide bonds. The van der Waals surface area contributed by atoms with Crippen LogP contribution in [0.15, 0.2) is 43.0 Å². The third-order valence-electron chi connectivity index (χ3n) is 5.34. The first-order valence-electron chi connectivity index (χ1n) is 10.1. The van der Waals surface area contributed by atoms with Crippen molar-refractivity contribution in [3.05, 3.63) is 48.5 Å². The first kappa shape index (κ1) is 21.2. The van der Waals surface area contributed by atoms with Crippen LogP contribution in [0.4, 0.5) is 5.82 Å². The zero-order valence-corrected chi connectivity index (χ0v) is 17.3. The Balaban J connectivity index is 1.60. The molecule has 10 heteroatoms. The minimum Gasteiger partial charge on any atom is -0.463 e. The summed E-state index contributed by atoms with van der Waals surface area (Å²) in [5.74, 6) is 0.0677. The Morgan fingerprint density at radius 3 is 2.71 bits per heavy atom. The fourth-order valence-corrected chi connectivity index (χ4v) is 3.71. The molecule has 0 saturated carbocycles. The van der Waals surface area contributed by atoms with Gasteiger partial charge in [-0.3, -0.25) is 9.36 Å². The molecule has 10 nitrogen and oxygen atoms in total. The van der Waals surface area contributed by atoms with Gasteiger partial charge in [0.1, 0.15) is 31.2 Å². The molecule has 4 unspecified atom stereocenters. The van der Waals surface area contributed by atoms with E-state index in [0.717, 1.165) is 12.0 Å². The largest absolute Gasteiger partial charge is 0.463 e. The minimum atomic E-state index is -1.24. The molecular formula is C21H25N5O5. The number of carbonyl (C=O) groups is 1. The van der Waals surface area contributed by atoms with Crippen molar-refractivity contribution in [1.82, 2.24) is 19.5 Å². The summed E-state index contributed by atoms with van der Waals surface area (Å²) in [6.07, 6.45) is -0.508. The van der Waals surface area contributed by atoms with Crippen molar-refractivity contribution < 1.29 is 24.5 Å². The number of imidazole rings is 1. The average molecular weight is 427 g/mol. The number of benzene rings is 1. The van der Waals surface area contributed by atoms with Crippen molar-refractivity contribution in [3.8, 4) is 0 Å². The van der Waals surface area contributed by atoms with Gasteiger partial charge in [0.15, 0.2) is 23.2 Å². The summed E-state index contributed by atoms with van der Waals surface area (Å²) < 4.78 is 12.2. The molecule has 1 aromatic carbocycles. The van der Waals surface area contributed by atoms with Gasteiger partial charge in [-0.05, 0) is 12.0 Å². The summed E-state index contributed by atoms with van der Waals surface area (Å²) in [7, 11) is 0. The Morgan fingerprint density at radius 2 is 2.00 bits per heavy atom. The lowest BCUT2D eigenvalue weighted by Crippen LogP contribution is -2.34. The van der Waals surface area contributed by atoms with Gasteiger partial charge >= 0.3 is 5.97 Å². The van der Waals surface area contributed by atoms with E-state index in [0.29, 0.717) is 17.0 Å². The minimum absolute atomic E-state index is 0.0349. The van der Waals surface area contributed by atoms with Gasteiger partial charge in [-0.2, -0.15) is 0 Å². The highest BCUT2D eigenvalue weighted by atomic mass is 16.6. The SMILES string of the molecule is CC[C@H](Nc1ncnc2c1ncn2C1OC(COC(C)=O)C(O)C1O)c1ccccc1. The smallest absolute Gasteiger partial charge is 0.302 e. The van der Waals surface area contributed by atoms with Crippen LogP contribution in [0.3, 0.4) is 0 Å². The summed E-state index contributed by atoms with van der Waals surface area (Å²) in [6.45, 7) is 3.19. The van der Waals surface area contributed by atoms with Gasteiger partial charge < -0.3 is 25.0 Å². The Labute approximate surface area is 178 Å². The van der Waals surface area contributed by atoms with Crippen LogP contribution in [0.2, 0.25) is 0 Å². The van der Waals surface area contributed by atoms with E-state index in [2.05, 4.69) is 27.2 Å². The Kier molecular flexibility index (Phi) is 6.12. The van der Waals surface area contributed by atoms with Gasteiger partial charge in [0.2, 0.25) is 0 Å². The van der Waals surface area contributed by atoms with E-state index in [-0.39, 0.29) is 12.6 Å². The lowest BCUT2D eigenvalue weighted by atomic mass is 10.0. The number of rotatable bonds is 7. The number of ether oxygens (including phenoxy) is 2. The van der Waals surface area contributed by atoms with Crippen LogP contribution in [0, 0.1) is 0 Å². The molecule has 0 radical (unpaired) electrons. The lowest BCUT2D eigenvalue weighted by molar-refractivity contribution is -0.147. The van der Waals surface area contributed by atoms with Crippen LogP contribution in [0.1, 0.15) is 38.1 Å². The van der Waals surface area contributed by atoms with Gasteiger partial charge in [0.05, 0.1) is 12.4 Å². The quantitative estimate of drug-likeness (QED) is 0.481. The number of nitrogens with zero attached hydrogens (tertiary/aromatic N) is 4. The topological polar surface area (TPSA) is 132 Å². The van der Waals surface area contributed by atoms with Crippen molar-refractivity contribution in [2.75, 3.05) is 11.9 Å². The van der Waals surface area contributed by atoms with E-state index in [1.54, 1.807) is 4.57 Å². The first-order valence-corrected chi connectivity index (χ1v) is 10.1. The van der Waals surface area contributed by atoms with E-state index < -0.39 is 30.5 Å². The Bertz CT molecular complexity index is 1040. The maximum Gasteiger partial charge on any atom is 0.302 e. The maximum absolute atomic E-state index is 11.1. The van der Waals surface area contributed by atoms with E-state index in [9.17, 15) is 15.0 Å². The van der Waals surface area contributed by atoms with Crippen LogP contribution in [0.25, 0.3) is 11.2 Å². The zero-order valence-electron chi connectivity index (χ0n) is 17.3. The Hall–Kier alpha value is -3.08. The molecular weight excluding hydrogens is 402 g/mol. The number of fused-ring (bicyclic) bond motifs is 1. The summed E-state index contributed by atoms with van der Waals surface area (Å²) in [6, 6.07) is 10.1. The highest BCUT2D eigenvalue weighted by Gasteiger charge is 2.44. The second-order valence-electron chi connectivity index (χ2n) is 7.41. The van der Waals surface area contributed by atoms with Gasteiger partial charge in [-0.1, -0.05) is 37.3 Å². The predicted octanol–water partition coefficient (Wildman–Crippen LogP) is 1.57. The van der Waals surface area contributed by atoms with Crippen LogP contribution in [-0.4, -0.2) is 60.6 Å². The maximum atomic E-state index is 11.1. The molecule has 0 spiro atoms. The lowest BCUT2D eigenvalue weighted by Gasteiger charge is -2.19. The van der Waals surface area contributed by atoms with Crippen molar-refractivity contribution in [3.63, 3.8) is 0 Å². The first-order chi connectivity index (χ1) is 15.0. The highest BCUT2D eigenvalue weighted by molar-refractivity contribution is 5.83. The number of aliphatic hydroxyl groups is 2. The average Bonchev–Trinajstić information content (AvgIpc) is 3.33. The summed E-state index contributed by atoms with van der Waals surface area (Å²) in [5.41, 5.74) is 2.09. The van der Waals surface area contributed by atoms with Gasteiger partial charge in [-0.25, -0.2) is 15.0 Å². The van der Waals surface area contributed by atoms with E-state index >= 15 is 0 Å². The van der Waals surface area contributed by atoms with Crippen molar-refractivity contribution >= 4 is 23.0 Å². The summed E-state index contributed by atoms with van der Waals surface area (Å²) >= 11 is 0. The van der Waals surface area contributed by atoms with Crippen LogP contribution >= 0.6 is 0 Å². The van der Waals surface area contributed by atoms with Crippen LogP contribution in [0.5, 0.6) is 0 Å². The molecule has 1 saturated heterocycles. The molecule has 4 rings (SSSR count). The molecule has 0 bridgehead atoms. The van der Waals surface area contributed by atoms with E-state index in [4.69, 9.17) is 9.47 Å². The number of hydrogen-bond acceptors (Lipinski definition) is 9. The molecule has 1 aliphatic heterocycles. The van der Waals surface area contributed by atoms with Crippen LogP contribution < -0.4 is 5.32 Å². The second kappa shape index (κ2) is 8.96. The van der Waals surface area contributed by atoms with Gasteiger partial charge in [-0.15, -0.1) is 0 Å². The Morgan fingerprint density at radius 1 is 1.23 bits per heavy atom. The fraction of sp³-hybridized carbons (Fsp3) is 0.429. The molecule has 3 N–H and O–H groups in total. The third kappa shape index (κ3) is 4.22. The number of hydrogen-bond donors (Lipinski definition) is 3. The van der Waals surface area contributed by atoms with Crippen molar-refractivity contribution in [1.29, 1.82) is 0 Å².